The minimum Gasteiger partial charge on any atom is -0.372 e. The summed E-state index contributed by atoms with van der Waals surface area (Å²) >= 11 is 4.83. The molecule has 2 nitrogen and oxygen atoms in total. The van der Waals surface area contributed by atoms with E-state index < -0.39 is 0 Å². The maximum absolute atomic E-state index is 6.46. The molecule has 0 saturated carbocycles. The van der Waals surface area contributed by atoms with Crippen LogP contribution in [0, 0.1) is 0 Å². The standard InChI is InChI=1S/C30H31NOS/c33-30(26-7-2-1-3-8-26)19-22-10-14-25(15-11-22)28-16-17-31-20-29(28)32-21-23-12-13-24-6-4-5-9-27(24)18-23/h1-15,18,28-31,33H,16-17,19-21H2. The molecule has 1 saturated heterocycles. The lowest BCUT2D eigenvalue weighted by atomic mass is 9.87. The Balaban J connectivity index is 1.24. The molecule has 1 aliphatic rings. The zero-order valence-electron chi connectivity index (χ0n) is 18.9. The van der Waals surface area contributed by atoms with E-state index in [1.54, 1.807) is 0 Å². The second-order valence-corrected chi connectivity index (χ2v) is 9.63. The molecule has 0 aromatic heterocycles. The molecule has 0 radical (unpaired) electrons. The SMILES string of the molecule is SC(Cc1ccc(C2CCNCC2OCc2ccc3ccccc3c2)cc1)c1ccccc1. The molecule has 0 bridgehead atoms. The summed E-state index contributed by atoms with van der Waals surface area (Å²) in [4.78, 5) is 0. The highest BCUT2D eigenvalue weighted by Gasteiger charge is 2.27. The van der Waals surface area contributed by atoms with Crippen molar-refractivity contribution >= 4 is 23.4 Å². The fourth-order valence-corrected chi connectivity index (χ4v) is 5.22. The van der Waals surface area contributed by atoms with Crippen molar-refractivity contribution < 1.29 is 4.74 Å². The van der Waals surface area contributed by atoms with E-state index in [2.05, 4.69) is 102 Å². The zero-order chi connectivity index (χ0) is 22.5. The van der Waals surface area contributed by atoms with Crippen LogP contribution in [0.5, 0.6) is 0 Å². The molecule has 3 atom stereocenters. The second kappa shape index (κ2) is 10.6. The van der Waals surface area contributed by atoms with Gasteiger partial charge in [0, 0.05) is 17.7 Å². The van der Waals surface area contributed by atoms with Crippen molar-refractivity contribution in [1.29, 1.82) is 0 Å². The number of fused-ring (bicyclic) bond motifs is 1. The molecule has 0 aliphatic carbocycles. The van der Waals surface area contributed by atoms with Crippen LogP contribution in [0.2, 0.25) is 0 Å². The molecule has 1 heterocycles. The predicted molar refractivity (Wildman–Crippen MR) is 141 cm³/mol. The first-order valence-electron chi connectivity index (χ1n) is 11.9. The van der Waals surface area contributed by atoms with Crippen LogP contribution in [0.1, 0.15) is 39.8 Å². The van der Waals surface area contributed by atoms with E-state index in [0.29, 0.717) is 12.5 Å². The molecule has 1 N–H and O–H groups in total. The fourth-order valence-electron chi connectivity index (χ4n) is 4.84. The number of hydrogen-bond donors (Lipinski definition) is 2. The van der Waals surface area contributed by atoms with Crippen molar-refractivity contribution in [3.05, 3.63) is 119 Å². The average Bonchev–Trinajstić information content (AvgIpc) is 2.88. The summed E-state index contributed by atoms with van der Waals surface area (Å²) in [5.41, 5.74) is 5.20. The van der Waals surface area contributed by atoms with Gasteiger partial charge in [-0.2, -0.15) is 12.6 Å². The number of benzene rings is 4. The monoisotopic (exact) mass is 453 g/mol. The van der Waals surface area contributed by atoms with Crippen molar-refractivity contribution in [2.24, 2.45) is 0 Å². The van der Waals surface area contributed by atoms with Crippen molar-refractivity contribution in [2.75, 3.05) is 13.1 Å². The third kappa shape index (κ3) is 5.50. The van der Waals surface area contributed by atoms with Crippen LogP contribution < -0.4 is 5.32 Å². The first kappa shape index (κ1) is 22.2. The Kier molecular flexibility index (Phi) is 7.11. The number of thiol groups is 1. The quantitative estimate of drug-likeness (QED) is 0.303. The fraction of sp³-hybridized carbons (Fsp3) is 0.267. The Morgan fingerprint density at radius 3 is 2.36 bits per heavy atom. The lowest BCUT2D eigenvalue weighted by Crippen LogP contribution is -2.40. The Hall–Kier alpha value is -2.59. The molecule has 4 aromatic rings. The van der Waals surface area contributed by atoms with Gasteiger partial charge in [0.2, 0.25) is 0 Å². The minimum atomic E-state index is 0.179. The van der Waals surface area contributed by atoms with Crippen LogP contribution in [0.3, 0.4) is 0 Å². The molecule has 3 heteroatoms. The minimum absolute atomic E-state index is 0.179. The predicted octanol–water partition coefficient (Wildman–Crippen LogP) is 6.72. The van der Waals surface area contributed by atoms with Gasteiger partial charge in [-0.15, -0.1) is 0 Å². The Morgan fingerprint density at radius 1 is 0.818 bits per heavy atom. The molecule has 4 aromatic carbocycles. The summed E-state index contributed by atoms with van der Waals surface area (Å²) in [6, 6.07) is 34.8. The van der Waals surface area contributed by atoms with Crippen molar-refractivity contribution in [2.45, 2.75) is 36.7 Å². The van der Waals surface area contributed by atoms with E-state index in [-0.39, 0.29) is 11.4 Å². The number of nitrogens with one attached hydrogen (secondary N) is 1. The summed E-state index contributed by atoms with van der Waals surface area (Å²) < 4.78 is 6.46. The van der Waals surface area contributed by atoms with E-state index in [0.717, 1.165) is 25.9 Å². The number of hydrogen-bond acceptors (Lipinski definition) is 3. The maximum atomic E-state index is 6.46. The van der Waals surface area contributed by atoms with Crippen molar-refractivity contribution in [3.63, 3.8) is 0 Å². The molecular formula is C30H31NOS. The molecule has 5 rings (SSSR count). The molecular weight excluding hydrogens is 422 g/mol. The zero-order valence-corrected chi connectivity index (χ0v) is 19.8. The third-order valence-electron chi connectivity index (χ3n) is 6.73. The lowest BCUT2D eigenvalue weighted by molar-refractivity contribution is 0.0106. The highest BCUT2D eigenvalue weighted by molar-refractivity contribution is 7.80. The largest absolute Gasteiger partial charge is 0.372 e. The van der Waals surface area contributed by atoms with Crippen molar-refractivity contribution in [3.8, 4) is 0 Å². The average molecular weight is 454 g/mol. The molecule has 33 heavy (non-hydrogen) atoms. The summed E-state index contributed by atoms with van der Waals surface area (Å²) in [5.74, 6) is 0.418. The Bertz CT molecular complexity index is 1170. The summed E-state index contributed by atoms with van der Waals surface area (Å²) in [6.45, 7) is 2.58. The van der Waals surface area contributed by atoms with Gasteiger partial charge in [0.15, 0.2) is 0 Å². The lowest BCUT2D eigenvalue weighted by Gasteiger charge is -2.32. The van der Waals surface area contributed by atoms with Crippen molar-refractivity contribution in [1.82, 2.24) is 5.32 Å². The summed E-state index contributed by atoms with van der Waals surface area (Å²) in [7, 11) is 0. The first-order valence-corrected chi connectivity index (χ1v) is 12.4. The van der Waals surface area contributed by atoms with Crippen LogP contribution in [-0.2, 0) is 17.8 Å². The molecule has 168 valence electrons. The Labute approximate surface area is 202 Å². The molecule has 1 fully saturated rings. The van der Waals surface area contributed by atoms with Gasteiger partial charge in [-0.25, -0.2) is 0 Å². The van der Waals surface area contributed by atoms with Crippen LogP contribution in [0.15, 0.2) is 97.1 Å². The van der Waals surface area contributed by atoms with Gasteiger partial charge >= 0.3 is 0 Å². The van der Waals surface area contributed by atoms with E-state index in [1.807, 2.05) is 0 Å². The van der Waals surface area contributed by atoms with Crippen LogP contribution in [0.25, 0.3) is 10.8 Å². The summed E-state index contributed by atoms with van der Waals surface area (Å²) in [5, 5.41) is 6.28. The number of piperidine rings is 1. The molecule has 0 amide bonds. The normalized spacial score (nSPS) is 19.4. The second-order valence-electron chi connectivity index (χ2n) is 9.00. The molecule has 3 unspecified atom stereocenters. The third-order valence-corrected chi connectivity index (χ3v) is 7.21. The van der Waals surface area contributed by atoms with Gasteiger partial charge in [0.05, 0.1) is 12.7 Å². The molecule has 1 aliphatic heterocycles. The van der Waals surface area contributed by atoms with Gasteiger partial charge in [0.1, 0.15) is 0 Å². The van der Waals surface area contributed by atoms with E-state index in [1.165, 1.54) is 33.0 Å². The van der Waals surface area contributed by atoms with E-state index in [4.69, 9.17) is 17.4 Å². The van der Waals surface area contributed by atoms with E-state index >= 15 is 0 Å². The Morgan fingerprint density at radius 2 is 1.55 bits per heavy atom. The van der Waals surface area contributed by atoms with Crippen LogP contribution in [0.4, 0.5) is 0 Å². The van der Waals surface area contributed by atoms with Gasteiger partial charge in [-0.05, 0) is 58.5 Å². The smallest absolute Gasteiger partial charge is 0.0772 e. The van der Waals surface area contributed by atoms with E-state index in [9.17, 15) is 0 Å². The van der Waals surface area contributed by atoms with Gasteiger partial charge in [0.25, 0.3) is 0 Å². The number of ether oxygens (including phenoxy) is 1. The van der Waals surface area contributed by atoms with Gasteiger partial charge in [-0.1, -0.05) is 91.0 Å². The topological polar surface area (TPSA) is 21.3 Å². The van der Waals surface area contributed by atoms with Crippen LogP contribution in [-0.4, -0.2) is 19.2 Å². The van der Waals surface area contributed by atoms with Crippen LogP contribution >= 0.6 is 12.6 Å². The highest BCUT2D eigenvalue weighted by atomic mass is 32.1. The summed E-state index contributed by atoms with van der Waals surface area (Å²) in [6.07, 6.45) is 2.21. The van der Waals surface area contributed by atoms with Gasteiger partial charge < -0.3 is 10.1 Å². The molecule has 0 spiro atoms. The maximum Gasteiger partial charge on any atom is 0.0772 e. The first-order chi connectivity index (χ1) is 16.3. The number of rotatable bonds is 7. The van der Waals surface area contributed by atoms with Gasteiger partial charge in [-0.3, -0.25) is 0 Å². The highest BCUT2D eigenvalue weighted by Crippen LogP contribution is 2.30.